The number of furan rings is 1. The first-order valence-corrected chi connectivity index (χ1v) is 9.43. The molecule has 0 aliphatic heterocycles. The summed E-state index contributed by atoms with van der Waals surface area (Å²) in [7, 11) is 2.00. The molecular formula is C24H19FN3O+. The van der Waals surface area contributed by atoms with Crippen molar-refractivity contribution < 1.29 is 13.4 Å². The van der Waals surface area contributed by atoms with Crippen LogP contribution in [0.5, 0.6) is 0 Å². The van der Waals surface area contributed by atoms with Gasteiger partial charge in [0.1, 0.15) is 7.05 Å². The van der Waals surface area contributed by atoms with Gasteiger partial charge in [-0.2, -0.15) is 9.37 Å². The molecule has 0 bridgehead atoms. The van der Waals surface area contributed by atoms with Crippen LogP contribution in [-0.2, 0) is 7.05 Å². The topological polar surface area (TPSA) is 42.8 Å². The van der Waals surface area contributed by atoms with Gasteiger partial charge in [0.2, 0.25) is 17.4 Å². The van der Waals surface area contributed by atoms with Crippen LogP contribution in [0.3, 0.4) is 0 Å². The van der Waals surface area contributed by atoms with Gasteiger partial charge in [0.05, 0.1) is 11.3 Å². The molecule has 4 nitrogen and oxygen atoms in total. The third-order valence-corrected chi connectivity index (χ3v) is 5.29. The fraction of sp³-hybridized carbons (Fsp3) is 0.125. The molecule has 0 unspecified atom stereocenters. The fourth-order valence-electron chi connectivity index (χ4n) is 3.73. The second kappa shape index (κ2) is 6.48. The number of hydrogen-bond donors (Lipinski definition) is 0. The van der Waals surface area contributed by atoms with E-state index in [9.17, 15) is 4.39 Å². The lowest BCUT2D eigenvalue weighted by atomic mass is 9.99. The van der Waals surface area contributed by atoms with E-state index >= 15 is 0 Å². The highest BCUT2D eigenvalue weighted by Crippen LogP contribution is 2.37. The van der Waals surface area contributed by atoms with Crippen molar-refractivity contribution in [3.8, 4) is 22.5 Å². The SMILES string of the molecule is Cc1ccc(-c2cc[n+](C)c(-c3c(C)ccc4c3oc3nc(F)ccc34)c2)nc1. The first kappa shape index (κ1) is 17.5. The van der Waals surface area contributed by atoms with E-state index < -0.39 is 5.95 Å². The van der Waals surface area contributed by atoms with E-state index in [-0.39, 0.29) is 0 Å². The van der Waals surface area contributed by atoms with Crippen molar-refractivity contribution in [1.29, 1.82) is 0 Å². The van der Waals surface area contributed by atoms with Gasteiger partial charge in [-0.3, -0.25) is 4.98 Å². The highest BCUT2D eigenvalue weighted by Gasteiger charge is 2.22. The van der Waals surface area contributed by atoms with Crippen LogP contribution in [-0.4, -0.2) is 9.97 Å². The van der Waals surface area contributed by atoms with Crippen LogP contribution >= 0.6 is 0 Å². The summed E-state index contributed by atoms with van der Waals surface area (Å²) in [6.07, 6.45) is 3.89. The summed E-state index contributed by atoms with van der Waals surface area (Å²) in [6.45, 7) is 4.07. The van der Waals surface area contributed by atoms with Crippen molar-refractivity contribution in [3.05, 3.63) is 78.0 Å². The normalized spacial score (nSPS) is 11.4. The van der Waals surface area contributed by atoms with E-state index in [0.717, 1.165) is 44.4 Å². The molecule has 0 amide bonds. The van der Waals surface area contributed by atoms with Gasteiger partial charge in [0.25, 0.3) is 0 Å². The fourth-order valence-corrected chi connectivity index (χ4v) is 3.73. The van der Waals surface area contributed by atoms with Gasteiger partial charge in [-0.05, 0) is 43.2 Å². The number of halogens is 1. The number of nitrogens with zero attached hydrogens (tertiary/aromatic N) is 3. The predicted molar refractivity (Wildman–Crippen MR) is 111 cm³/mol. The molecule has 142 valence electrons. The predicted octanol–water partition coefficient (Wildman–Crippen LogP) is 5.29. The van der Waals surface area contributed by atoms with Crippen LogP contribution in [0.1, 0.15) is 11.1 Å². The monoisotopic (exact) mass is 384 g/mol. The van der Waals surface area contributed by atoms with Gasteiger partial charge in [-0.15, -0.1) is 0 Å². The lowest BCUT2D eigenvalue weighted by Crippen LogP contribution is -2.30. The summed E-state index contributed by atoms with van der Waals surface area (Å²) in [5.74, 6) is -0.548. The van der Waals surface area contributed by atoms with Gasteiger partial charge >= 0.3 is 0 Å². The smallest absolute Gasteiger partial charge is 0.229 e. The molecule has 0 saturated heterocycles. The molecule has 0 fully saturated rings. The van der Waals surface area contributed by atoms with Crippen LogP contribution in [0.2, 0.25) is 0 Å². The maximum absolute atomic E-state index is 13.6. The maximum atomic E-state index is 13.6. The highest BCUT2D eigenvalue weighted by molar-refractivity contribution is 6.08. The number of pyridine rings is 3. The molecule has 4 heterocycles. The van der Waals surface area contributed by atoms with E-state index in [2.05, 4.69) is 32.7 Å². The Bertz CT molecular complexity index is 1390. The lowest BCUT2D eigenvalue weighted by molar-refractivity contribution is -0.660. The minimum absolute atomic E-state index is 0.311. The summed E-state index contributed by atoms with van der Waals surface area (Å²) in [5.41, 5.74) is 7.11. The Morgan fingerprint density at radius 2 is 1.79 bits per heavy atom. The number of rotatable bonds is 2. The number of aromatic nitrogens is 3. The lowest BCUT2D eigenvalue weighted by Gasteiger charge is -2.07. The molecular weight excluding hydrogens is 365 g/mol. The molecule has 29 heavy (non-hydrogen) atoms. The number of fused-ring (bicyclic) bond motifs is 3. The van der Waals surface area contributed by atoms with Crippen LogP contribution in [0.25, 0.3) is 44.6 Å². The number of hydrogen-bond acceptors (Lipinski definition) is 3. The zero-order valence-electron chi connectivity index (χ0n) is 16.4. The van der Waals surface area contributed by atoms with Crippen LogP contribution in [0.4, 0.5) is 4.39 Å². The first-order valence-electron chi connectivity index (χ1n) is 9.43. The second-order valence-corrected chi connectivity index (χ2v) is 7.36. The summed E-state index contributed by atoms with van der Waals surface area (Å²) in [5, 5.41) is 1.73. The third kappa shape index (κ3) is 2.86. The van der Waals surface area contributed by atoms with E-state index in [4.69, 9.17) is 4.42 Å². The minimum atomic E-state index is -0.548. The Labute approximate surface area is 167 Å². The van der Waals surface area contributed by atoms with Gasteiger partial charge in [-0.25, -0.2) is 4.57 Å². The van der Waals surface area contributed by atoms with Crippen molar-refractivity contribution in [2.75, 3.05) is 0 Å². The number of benzene rings is 1. The molecule has 0 aliphatic rings. The molecule has 1 aromatic carbocycles. The summed E-state index contributed by atoms with van der Waals surface area (Å²) in [4.78, 5) is 8.48. The van der Waals surface area contributed by atoms with Crippen molar-refractivity contribution in [2.24, 2.45) is 7.05 Å². The van der Waals surface area contributed by atoms with Crippen molar-refractivity contribution >= 4 is 22.1 Å². The minimum Gasteiger partial charge on any atom is -0.437 e. The van der Waals surface area contributed by atoms with Crippen LogP contribution in [0.15, 0.2) is 65.3 Å². The maximum Gasteiger partial charge on any atom is 0.229 e. The van der Waals surface area contributed by atoms with Crippen LogP contribution in [0, 0.1) is 19.8 Å². The Morgan fingerprint density at radius 1 is 0.966 bits per heavy atom. The molecule has 0 N–H and O–H groups in total. The zero-order valence-corrected chi connectivity index (χ0v) is 16.4. The van der Waals surface area contributed by atoms with E-state index in [1.807, 2.05) is 51.5 Å². The van der Waals surface area contributed by atoms with Crippen molar-refractivity contribution in [2.45, 2.75) is 13.8 Å². The molecule has 0 spiro atoms. The third-order valence-electron chi connectivity index (χ3n) is 5.29. The van der Waals surface area contributed by atoms with Gasteiger partial charge < -0.3 is 4.42 Å². The molecule has 5 heteroatoms. The first-order chi connectivity index (χ1) is 14.0. The molecule has 5 aromatic rings. The molecule has 0 atom stereocenters. The second-order valence-electron chi connectivity index (χ2n) is 7.36. The quantitative estimate of drug-likeness (QED) is 0.307. The van der Waals surface area contributed by atoms with Crippen LogP contribution < -0.4 is 4.57 Å². The number of aryl methyl sites for hydroxylation is 3. The van der Waals surface area contributed by atoms with E-state index in [0.29, 0.717) is 11.3 Å². The van der Waals surface area contributed by atoms with E-state index in [1.54, 1.807) is 6.07 Å². The van der Waals surface area contributed by atoms with Gasteiger partial charge in [-0.1, -0.05) is 18.2 Å². The highest BCUT2D eigenvalue weighted by atomic mass is 19.1. The van der Waals surface area contributed by atoms with Gasteiger partial charge in [0, 0.05) is 34.7 Å². The zero-order chi connectivity index (χ0) is 20.1. The molecule has 0 saturated carbocycles. The van der Waals surface area contributed by atoms with Crippen molar-refractivity contribution in [3.63, 3.8) is 0 Å². The Morgan fingerprint density at radius 3 is 2.59 bits per heavy atom. The summed E-state index contributed by atoms with van der Waals surface area (Å²) >= 11 is 0. The van der Waals surface area contributed by atoms with Crippen molar-refractivity contribution in [1.82, 2.24) is 9.97 Å². The van der Waals surface area contributed by atoms with Gasteiger partial charge in [0.15, 0.2) is 11.8 Å². The average molecular weight is 384 g/mol. The van der Waals surface area contributed by atoms with E-state index in [1.165, 1.54) is 6.07 Å². The Balaban J connectivity index is 1.79. The standard InChI is InChI=1S/C24H19FN3O/c1-14-4-8-19(26-13-14)16-10-11-28(3)20(12-16)22-15(2)5-6-17-18-7-9-21(25)27-24(18)29-23(17)22/h4-13H,1-3H3/q+1. The molecule has 4 aromatic heterocycles. The summed E-state index contributed by atoms with van der Waals surface area (Å²) < 4.78 is 21.7. The molecule has 0 radical (unpaired) electrons. The molecule has 5 rings (SSSR count). The summed E-state index contributed by atoms with van der Waals surface area (Å²) in [6, 6.07) is 15.4. The average Bonchev–Trinajstić information content (AvgIpc) is 3.07. The molecule has 0 aliphatic carbocycles. The Kier molecular flexibility index (Phi) is 3.91. The Hall–Kier alpha value is -3.60. The largest absolute Gasteiger partial charge is 0.437 e.